The molecule has 1 unspecified atom stereocenters. The molecule has 4 heteroatoms. The summed E-state index contributed by atoms with van der Waals surface area (Å²) in [5.41, 5.74) is 2.09. The molecule has 0 spiro atoms. The summed E-state index contributed by atoms with van der Waals surface area (Å²) in [6.45, 7) is 1.40. The fraction of sp³-hybridized carbons (Fsp3) is 0.250. The summed E-state index contributed by atoms with van der Waals surface area (Å²) >= 11 is 0. The number of nitrogens with zero attached hydrogens (tertiary/aromatic N) is 3. The van der Waals surface area contributed by atoms with Crippen molar-refractivity contribution in [3.8, 4) is 12.3 Å². The first-order valence-corrected chi connectivity index (χ1v) is 6.57. The average Bonchev–Trinajstić information content (AvgIpc) is 3.09. The predicted octanol–water partition coefficient (Wildman–Crippen LogP) is 1.92. The number of rotatable bonds is 3. The van der Waals surface area contributed by atoms with Gasteiger partial charge < -0.3 is 9.47 Å². The SMILES string of the molecule is C#CC1CC(=O)N(c2ccc(Cn3ccnc3)cc2)C1. The van der Waals surface area contributed by atoms with Crippen molar-refractivity contribution in [3.63, 3.8) is 0 Å². The second-order valence-electron chi connectivity index (χ2n) is 4.97. The third-order valence-corrected chi connectivity index (χ3v) is 3.53. The topological polar surface area (TPSA) is 38.1 Å². The van der Waals surface area contributed by atoms with Gasteiger partial charge in [0.1, 0.15) is 0 Å². The number of carbonyl (C=O) groups excluding carboxylic acids is 1. The summed E-state index contributed by atoms with van der Waals surface area (Å²) < 4.78 is 2.00. The molecule has 100 valence electrons. The van der Waals surface area contributed by atoms with Crippen LogP contribution in [0, 0.1) is 18.3 Å². The molecule has 2 aromatic rings. The fourth-order valence-corrected chi connectivity index (χ4v) is 2.44. The Morgan fingerprint density at radius 1 is 1.35 bits per heavy atom. The van der Waals surface area contributed by atoms with E-state index in [0.717, 1.165) is 12.2 Å². The zero-order chi connectivity index (χ0) is 13.9. The van der Waals surface area contributed by atoms with Crippen molar-refractivity contribution in [1.82, 2.24) is 9.55 Å². The lowest BCUT2D eigenvalue weighted by molar-refractivity contribution is -0.117. The lowest BCUT2D eigenvalue weighted by atomic mass is 10.1. The molecule has 1 aliphatic rings. The summed E-state index contributed by atoms with van der Waals surface area (Å²) in [6, 6.07) is 8.02. The fourth-order valence-electron chi connectivity index (χ4n) is 2.44. The number of carbonyl (C=O) groups is 1. The van der Waals surface area contributed by atoms with Crippen LogP contribution in [0.3, 0.4) is 0 Å². The molecule has 1 fully saturated rings. The number of terminal acetylenes is 1. The van der Waals surface area contributed by atoms with Crippen molar-refractivity contribution in [2.45, 2.75) is 13.0 Å². The smallest absolute Gasteiger partial charge is 0.228 e. The summed E-state index contributed by atoms with van der Waals surface area (Å²) in [6.07, 6.45) is 11.3. The van der Waals surface area contributed by atoms with E-state index in [1.807, 2.05) is 35.0 Å². The summed E-state index contributed by atoms with van der Waals surface area (Å²) in [5.74, 6) is 2.80. The average molecular weight is 265 g/mol. The molecule has 0 saturated carbocycles. The van der Waals surface area contributed by atoms with Gasteiger partial charge in [-0.25, -0.2) is 4.98 Å². The Morgan fingerprint density at radius 3 is 2.75 bits per heavy atom. The molecule has 20 heavy (non-hydrogen) atoms. The van der Waals surface area contributed by atoms with Crippen LogP contribution in [0.1, 0.15) is 12.0 Å². The minimum Gasteiger partial charge on any atom is -0.333 e. The molecule has 1 saturated heterocycles. The van der Waals surface area contributed by atoms with Gasteiger partial charge in [-0.1, -0.05) is 12.1 Å². The van der Waals surface area contributed by atoms with Crippen LogP contribution in [0.15, 0.2) is 43.0 Å². The second-order valence-corrected chi connectivity index (χ2v) is 4.97. The number of benzene rings is 1. The number of amides is 1. The lowest BCUT2D eigenvalue weighted by Gasteiger charge is -2.16. The first-order chi connectivity index (χ1) is 9.76. The van der Waals surface area contributed by atoms with E-state index in [-0.39, 0.29) is 11.8 Å². The third kappa shape index (κ3) is 2.43. The molecule has 0 bridgehead atoms. The van der Waals surface area contributed by atoms with Gasteiger partial charge in [0.05, 0.1) is 6.33 Å². The molecule has 1 amide bonds. The highest BCUT2D eigenvalue weighted by atomic mass is 16.2. The Labute approximate surface area is 118 Å². The van der Waals surface area contributed by atoms with Crippen LogP contribution in [0.4, 0.5) is 5.69 Å². The first kappa shape index (κ1) is 12.5. The van der Waals surface area contributed by atoms with E-state index < -0.39 is 0 Å². The Morgan fingerprint density at radius 2 is 2.15 bits per heavy atom. The van der Waals surface area contributed by atoms with E-state index in [9.17, 15) is 4.79 Å². The van der Waals surface area contributed by atoms with Crippen molar-refractivity contribution in [3.05, 3.63) is 48.5 Å². The van der Waals surface area contributed by atoms with Crippen molar-refractivity contribution in [2.75, 3.05) is 11.4 Å². The van der Waals surface area contributed by atoms with E-state index in [1.54, 1.807) is 17.4 Å². The van der Waals surface area contributed by atoms with Gasteiger partial charge in [-0.3, -0.25) is 4.79 Å². The van der Waals surface area contributed by atoms with E-state index in [1.165, 1.54) is 5.56 Å². The molecule has 1 atom stereocenters. The maximum absolute atomic E-state index is 11.9. The van der Waals surface area contributed by atoms with Crippen LogP contribution >= 0.6 is 0 Å². The number of imidazole rings is 1. The van der Waals surface area contributed by atoms with Crippen LogP contribution in [-0.2, 0) is 11.3 Å². The maximum Gasteiger partial charge on any atom is 0.228 e. The molecule has 0 aliphatic carbocycles. The van der Waals surface area contributed by atoms with Gasteiger partial charge in [0.15, 0.2) is 0 Å². The molecule has 1 aliphatic heterocycles. The van der Waals surface area contributed by atoms with Crippen LogP contribution in [-0.4, -0.2) is 22.0 Å². The highest BCUT2D eigenvalue weighted by Gasteiger charge is 2.29. The summed E-state index contributed by atoms with van der Waals surface area (Å²) in [7, 11) is 0. The van der Waals surface area contributed by atoms with Crippen LogP contribution in [0.25, 0.3) is 0 Å². The Hall–Kier alpha value is -2.54. The number of hydrogen-bond donors (Lipinski definition) is 0. The Balaban J connectivity index is 1.73. The molecule has 0 N–H and O–H groups in total. The summed E-state index contributed by atoms with van der Waals surface area (Å²) in [4.78, 5) is 17.7. The Kier molecular flexibility index (Phi) is 3.26. The zero-order valence-corrected chi connectivity index (χ0v) is 11.1. The molecule has 1 aromatic heterocycles. The van der Waals surface area contributed by atoms with Crippen LogP contribution in [0.5, 0.6) is 0 Å². The number of anilines is 1. The molecule has 0 radical (unpaired) electrons. The lowest BCUT2D eigenvalue weighted by Crippen LogP contribution is -2.24. The van der Waals surface area contributed by atoms with Gasteiger partial charge in [0, 0.05) is 43.5 Å². The first-order valence-electron chi connectivity index (χ1n) is 6.57. The van der Waals surface area contributed by atoms with Gasteiger partial charge in [-0.2, -0.15) is 0 Å². The van der Waals surface area contributed by atoms with E-state index >= 15 is 0 Å². The van der Waals surface area contributed by atoms with Gasteiger partial charge >= 0.3 is 0 Å². The summed E-state index contributed by atoms with van der Waals surface area (Å²) in [5, 5.41) is 0. The van der Waals surface area contributed by atoms with Crippen molar-refractivity contribution in [2.24, 2.45) is 5.92 Å². The number of hydrogen-bond acceptors (Lipinski definition) is 2. The molecular weight excluding hydrogens is 250 g/mol. The van der Waals surface area contributed by atoms with Crippen molar-refractivity contribution >= 4 is 11.6 Å². The standard InChI is InChI=1S/C16H15N3O/c1-2-13-9-16(20)19(11-13)15-5-3-14(4-6-15)10-18-8-7-17-12-18/h1,3-8,12-13H,9-11H2. The molecule has 4 nitrogen and oxygen atoms in total. The third-order valence-electron chi connectivity index (χ3n) is 3.53. The quantitative estimate of drug-likeness (QED) is 0.795. The molecule has 1 aromatic carbocycles. The van der Waals surface area contributed by atoms with Crippen molar-refractivity contribution in [1.29, 1.82) is 0 Å². The zero-order valence-electron chi connectivity index (χ0n) is 11.1. The minimum atomic E-state index is 0.0353. The monoisotopic (exact) mass is 265 g/mol. The highest BCUT2D eigenvalue weighted by molar-refractivity contribution is 5.96. The second kappa shape index (κ2) is 5.22. The molecule has 3 rings (SSSR count). The Bertz CT molecular complexity index is 637. The van der Waals surface area contributed by atoms with Gasteiger partial charge in [-0.05, 0) is 17.7 Å². The van der Waals surface area contributed by atoms with E-state index in [0.29, 0.717) is 13.0 Å². The van der Waals surface area contributed by atoms with E-state index in [2.05, 4.69) is 10.9 Å². The van der Waals surface area contributed by atoms with E-state index in [4.69, 9.17) is 6.42 Å². The normalized spacial score (nSPS) is 18.2. The van der Waals surface area contributed by atoms with Crippen molar-refractivity contribution < 1.29 is 4.79 Å². The predicted molar refractivity (Wildman–Crippen MR) is 77.1 cm³/mol. The molecular formula is C16H15N3O. The molecule has 2 heterocycles. The minimum absolute atomic E-state index is 0.0353. The van der Waals surface area contributed by atoms with Gasteiger partial charge in [0.2, 0.25) is 5.91 Å². The van der Waals surface area contributed by atoms with Crippen LogP contribution < -0.4 is 4.90 Å². The van der Waals surface area contributed by atoms with Crippen LogP contribution in [0.2, 0.25) is 0 Å². The van der Waals surface area contributed by atoms with Gasteiger partial charge in [0.25, 0.3) is 0 Å². The number of aromatic nitrogens is 2. The highest BCUT2D eigenvalue weighted by Crippen LogP contribution is 2.25. The van der Waals surface area contributed by atoms with Gasteiger partial charge in [-0.15, -0.1) is 12.3 Å². The largest absolute Gasteiger partial charge is 0.333 e. The maximum atomic E-state index is 11.9.